The maximum absolute atomic E-state index is 11.8. The fraction of sp³-hybridized carbons (Fsp3) is 0.417. The van der Waals surface area contributed by atoms with Crippen LogP contribution in [0.3, 0.4) is 0 Å². The topological polar surface area (TPSA) is 97.1 Å². The lowest BCUT2D eigenvalue weighted by atomic mass is 10.2. The van der Waals surface area contributed by atoms with Crippen molar-refractivity contribution in [3.8, 4) is 0 Å². The predicted molar refractivity (Wildman–Crippen MR) is 69.1 cm³/mol. The third kappa shape index (κ3) is 4.04. The van der Waals surface area contributed by atoms with Gasteiger partial charge in [0.2, 0.25) is 5.91 Å². The Hall–Kier alpha value is -2.11. The molecule has 0 spiro atoms. The average molecular weight is 250 g/mol. The van der Waals surface area contributed by atoms with Crippen LogP contribution in [0.2, 0.25) is 0 Å². The first-order valence-electron chi connectivity index (χ1n) is 5.85. The van der Waals surface area contributed by atoms with E-state index in [0.29, 0.717) is 5.82 Å². The molecule has 0 radical (unpaired) electrons. The van der Waals surface area contributed by atoms with Crippen LogP contribution in [0.25, 0.3) is 0 Å². The number of aromatic nitrogens is 1. The van der Waals surface area contributed by atoms with Gasteiger partial charge >= 0.3 is 0 Å². The molecule has 4 N–H and O–H groups in total. The molecule has 18 heavy (non-hydrogen) atoms. The van der Waals surface area contributed by atoms with E-state index in [1.165, 1.54) is 6.92 Å². The summed E-state index contributed by atoms with van der Waals surface area (Å²) in [6, 6.07) is 4.38. The van der Waals surface area contributed by atoms with Gasteiger partial charge in [0, 0.05) is 6.54 Å². The first-order chi connectivity index (χ1) is 8.54. The highest BCUT2D eigenvalue weighted by Gasteiger charge is 2.14. The number of amides is 2. The summed E-state index contributed by atoms with van der Waals surface area (Å²) in [6.45, 7) is 4.35. The Morgan fingerprint density at radius 2 is 2.17 bits per heavy atom. The van der Waals surface area contributed by atoms with Gasteiger partial charge in [-0.3, -0.25) is 9.59 Å². The van der Waals surface area contributed by atoms with Crippen LogP contribution in [0.15, 0.2) is 18.2 Å². The van der Waals surface area contributed by atoms with E-state index >= 15 is 0 Å². The van der Waals surface area contributed by atoms with Crippen LogP contribution in [-0.2, 0) is 4.79 Å². The Balaban J connectivity index is 2.70. The van der Waals surface area contributed by atoms with Gasteiger partial charge in [0.1, 0.15) is 17.6 Å². The third-order valence-electron chi connectivity index (χ3n) is 2.31. The van der Waals surface area contributed by atoms with Crippen LogP contribution in [0.5, 0.6) is 0 Å². The molecule has 1 atom stereocenters. The van der Waals surface area contributed by atoms with E-state index in [1.54, 1.807) is 18.2 Å². The van der Waals surface area contributed by atoms with E-state index in [1.807, 2.05) is 6.92 Å². The fourth-order valence-electron chi connectivity index (χ4n) is 1.25. The van der Waals surface area contributed by atoms with Crippen LogP contribution < -0.4 is 16.4 Å². The van der Waals surface area contributed by atoms with Crippen LogP contribution in [-0.4, -0.2) is 29.4 Å². The van der Waals surface area contributed by atoms with Gasteiger partial charge in [-0.25, -0.2) is 4.98 Å². The molecule has 0 bridgehead atoms. The molecule has 1 unspecified atom stereocenters. The number of pyridine rings is 1. The first kappa shape index (κ1) is 14.0. The Bertz CT molecular complexity index is 434. The summed E-state index contributed by atoms with van der Waals surface area (Å²) in [5.74, 6) is -0.360. The summed E-state index contributed by atoms with van der Waals surface area (Å²) in [4.78, 5) is 26.8. The Morgan fingerprint density at radius 1 is 1.44 bits per heavy atom. The van der Waals surface area contributed by atoms with Crippen molar-refractivity contribution in [2.75, 3.05) is 11.9 Å². The number of hydrogen-bond donors (Lipinski definition) is 3. The van der Waals surface area contributed by atoms with Crippen molar-refractivity contribution in [2.24, 2.45) is 5.73 Å². The second-order valence-electron chi connectivity index (χ2n) is 3.93. The average Bonchev–Trinajstić information content (AvgIpc) is 2.36. The normalized spacial score (nSPS) is 11.7. The highest BCUT2D eigenvalue weighted by atomic mass is 16.2. The van der Waals surface area contributed by atoms with Crippen molar-refractivity contribution in [3.05, 3.63) is 23.9 Å². The number of hydrogen-bond acceptors (Lipinski definition) is 4. The predicted octanol–water partition coefficient (Wildman–Crippen LogP) is 0.507. The summed E-state index contributed by atoms with van der Waals surface area (Å²) >= 11 is 0. The van der Waals surface area contributed by atoms with E-state index in [2.05, 4.69) is 15.6 Å². The number of carbonyl (C=O) groups excluding carboxylic acids is 2. The first-order valence-corrected chi connectivity index (χ1v) is 5.85. The van der Waals surface area contributed by atoms with Crippen molar-refractivity contribution in [1.29, 1.82) is 0 Å². The summed E-state index contributed by atoms with van der Waals surface area (Å²) in [5.41, 5.74) is 5.33. The lowest BCUT2D eigenvalue weighted by Crippen LogP contribution is -2.42. The molecule has 6 nitrogen and oxygen atoms in total. The van der Waals surface area contributed by atoms with Crippen LogP contribution in [0, 0.1) is 0 Å². The summed E-state index contributed by atoms with van der Waals surface area (Å²) in [5, 5.41) is 5.56. The minimum atomic E-state index is -0.716. The Morgan fingerprint density at radius 3 is 2.78 bits per heavy atom. The fourth-order valence-corrected chi connectivity index (χ4v) is 1.25. The van der Waals surface area contributed by atoms with Gasteiger partial charge in [0.15, 0.2) is 0 Å². The molecule has 1 aromatic rings. The van der Waals surface area contributed by atoms with Crippen LogP contribution >= 0.6 is 0 Å². The maximum Gasteiger partial charge on any atom is 0.270 e. The number of carbonyl (C=O) groups is 2. The summed E-state index contributed by atoms with van der Waals surface area (Å²) in [7, 11) is 0. The molecule has 0 aromatic carbocycles. The molecular formula is C12H18N4O2. The monoisotopic (exact) mass is 250 g/mol. The quantitative estimate of drug-likeness (QED) is 0.685. The molecule has 98 valence electrons. The molecule has 0 aliphatic carbocycles. The van der Waals surface area contributed by atoms with E-state index < -0.39 is 17.9 Å². The van der Waals surface area contributed by atoms with Crippen molar-refractivity contribution in [3.63, 3.8) is 0 Å². The van der Waals surface area contributed by atoms with Crippen LogP contribution in [0.4, 0.5) is 5.82 Å². The third-order valence-corrected chi connectivity index (χ3v) is 2.31. The molecule has 0 aliphatic heterocycles. The van der Waals surface area contributed by atoms with Gasteiger partial charge in [-0.1, -0.05) is 13.0 Å². The second-order valence-corrected chi connectivity index (χ2v) is 3.93. The zero-order valence-electron chi connectivity index (χ0n) is 10.6. The number of nitrogens with one attached hydrogen (secondary N) is 2. The van der Waals surface area contributed by atoms with E-state index in [9.17, 15) is 9.59 Å². The van der Waals surface area contributed by atoms with Crippen molar-refractivity contribution < 1.29 is 9.59 Å². The zero-order valence-corrected chi connectivity index (χ0v) is 10.6. The summed E-state index contributed by atoms with van der Waals surface area (Å²) in [6.07, 6.45) is 0.969. The van der Waals surface area contributed by atoms with Gasteiger partial charge in [-0.2, -0.15) is 0 Å². The van der Waals surface area contributed by atoms with Gasteiger partial charge in [-0.05, 0) is 25.5 Å². The van der Waals surface area contributed by atoms with Crippen LogP contribution in [0.1, 0.15) is 30.8 Å². The highest BCUT2D eigenvalue weighted by Crippen LogP contribution is 2.05. The Kier molecular flexibility index (Phi) is 5.10. The standard InChI is InChI=1S/C12H18N4O2/c1-3-7-14-10-6-4-5-9(16-10)12(18)15-8(2)11(13)17/h4-6,8H,3,7H2,1-2H3,(H2,13,17)(H,14,16)(H,15,18). The number of nitrogens with two attached hydrogens (primary N) is 1. The smallest absolute Gasteiger partial charge is 0.270 e. The van der Waals surface area contributed by atoms with Crippen molar-refractivity contribution in [2.45, 2.75) is 26.3 Å². The number of anilines is 1. The zero-order chi connectivity index (χ0) is 13.5. The van der Waals surface area contributed by atoms with E-state index in [0.717, 1.165) is 13.0 Å². The lowest BCUT2D eigenvalue weighted by Gasteiger charge is -2.10. The lowest BCUT2D eigenvalue weighted by molar-refractivity contribution is -0.119. The molecule has 0 fully saturated rings. The minimum absolute atomic E-state index is 0.254. The van der Waals surface area contributed by atoms with Gasteiger partial charge in [0.05, 0.1) is 0 Å². The van der Waals surface area contributed by atoms with Crippen molar-refractivity contribution >= 4 is 17.6 Å². The molecular weight excluding hydrogens is 232 g/mol. The van der Waals surface area contributed by atoms with Crippen molar-refractivity contribution in [1.82, 2.24) is 10.3 Å². The minimum Gasteiger partial charge on any atom is -0.370 e. The molecule has 2 amide bonds. The molecule has 0 saturated heterocycles. The van der Waals surface area contributed by atoms with Gasteiger partial charge in [0.25, 0.3) is 5.91 Å². The number of nitrogens with zero attached hydrogens (tertiary/aromatic N) is 1. The van der Waals surface area contributed by atoms with E-state index in [4.69, 9.17) is 5.73 Å². The molecule has 0 aliphatic rings. The van der Waals surface area contributed by atoms with Gasteiger partial charge < -0.3 is 16.4 Å². The number of primary amides is 1. The molecule has 0 saturated carbocycles. The maximum atomic E-state index is 11.8. The largest absolute Gasteiger partial charge is 0.370 e. The second kappa shape index (κ2) is 6.58. The summed E-state index contributed by atoms with van der Waals surface area (Å²) < 4.78 is 0. The molecule has 1 rings (SSSR count). The molecule has 6 heteroatoms. The SMILES string of the molecule is CCCNc1cccc(C(=O)NC(C)C(N)=O)n1. The van der Waals surface area contributed by atoms with Gasteiger partial charge in [-0.15, -0.1) is 0 Å². The van der Waals surface area contributed by atoms with E-state index in [-0.39, 0.29) is 5.69 Å². The molecule has 1 heterocycles. The molecule has 1 aromatic heterocycles. The number of rotatable bonds is 6. The highest BCUT2D eigenvalue weighted by molar-refractivity contribution is 5.95. The Labute approximate surface area is 106 Å².